The Kier molecular flexibility index (Phi) is 4.08. The minimum atomic E-state index is 0.0587. The molecule has 1 saturated heterocycles. The van der Waals surface area contributed by atoms with Crippen LogP contribution in [0.1, 0.15) is 45.2 Å². The maximum absolute atomic E-state index is 5.84. The normalized spacial score (nSPS) is 25.9. The second-order valence-corrected chi connectivity index (χ2v) is 6.95. The molecule has 1 aromatic heterocycles. The van der Waals surface area contributed by atoms with Gasteiger partial charge in [-0.3, -0.25) is 9.88 Å². The molecular formula is C17H26N2O. The first-order valence-electron chi connectivity index (χ1n) is 7.90. The molecule has 0 N–H and O–H groups in total. The van der Waals surface area contributed by atoms with E-state index in [1.165, 1.54) is 37.9 Å². The van der Waals surface area contributed by atoms with Crippen molar-refractivity contribution in [2.45, 2.75) is 57.7 Å². The molecule has 2 aliphatic rings. The van der Waals surface area contributed by atoms with Crippen molar-refractivity contribution in [3.63, 3.8) is 0 Å². The summed E-state index contributed by atoms with van der Waals surface area (Å²) in [5.74, 6) is 0.767. The molecule has 0 aromatic carbocycles. The second-order valence-electron chi connectivity index (χ2n) is 6.95. The number of hydrogen-bond acceptors (Lipinski definition) is 3. The van der Waals surface area contributed by atoms with E-state index in [9.17, 15) is 0 Å². The van der Waals surface area contributed by atoms with Gasteiger partial charge in [0.2, 0.25) is 0 Å². The summed E-state index contributed by atoms with van der Waals surface area (Å²) in [4.78, 5) is 7.13. The van der Waals surface area contributed by atoms with Crippen LogP contribution in [-0.4, -0.2) is 34.7 Å². The lowest BCUT2D eigenvalue weighted by molar-refractivity contribution is -0.0775. The molecule has 0 amide bonds. The molecule has 2 fully saturated rings. The summed E-state index contributed by atoms with van der Waals surface area (Å²) in [6, 6.07) is 7.02. The second kappa shape index (κ2) is 5.82. The summed E-state index contributed by atoms with van der Waals surface area (Å²) in [5.41, 5.74) is 1.26. The minimum absolute atomic E-state index is 0.0587. The molecule has 0 unspecified atom stereocenters. The quantitative estimate of drug-likeness (QED) is 0.824. The monoisotopic (exact) mass is 274 g/mol. The smallest absolute Gasteiger partial charge is 0.0629 e. The van der Waals surface area contributed by atoms with Gasteiger partial charge in [0.05, 0.1) is 11.3 Å². The summed E-state index contributed by atoms with van der Waals surface area (Å²) >= 11 is 0. The molecule has 110 valence electrons. The molecule has 0 radical (unpaired) electrons. The zero-order valence-corrected chi connectivity index (χ0v) is 12.7. The van der Waals surface area contributed by atoms with Crippen molar-refractivity contribution >= 4 is 0 Å². The Hall–Kier alpha value is -0.930. The van der Waals surface area contributed by atoms with Gasteiger partial charge >= 0.3 is 0 Å². The molecule has 20 heavy (non-hydrogen) atoms. The molecule has 1 aliphatic carbocycles. The number of nitrogens with zero attached hydrogens (tertiary/aromatic N) is 2. The first-order valence-corrected chi connectivity index (χ1v) is 7.90. The summed E-state index contributed by atoms with van der Waals surface area (Å²) in [7, 11) is 0. The molecule has 1 aliphatic heterocycles. The van der Waals surface area contributed by atoms with E-state index in [1.54, 1.807) is 0 Å². The van der Waals surface area contributed by atoms with Crippen molar-refractivity contribution in [2.75, 3.05) is 13.2 Å². The van der Waals surface area contributed by atoms with Gasteiger partial charge in [-0.1, -0.05) is 6.07 Å². The van der Waals surface area contributed by atoms with Gasteiger partial charge in [0, 0.05) is 31.9 Å². The van der Waals surface area contributed by atoms with E-state index in [0.29, 0.717) is 0 Å². The fourth-order valence-corrected chi connectivity index (χ4v) is 3.33. The van der Waals surface area contributed by atoms with E-state index in [-0.39, 0.29) is 5.60 Å². The van der Waals surface area contributed by atoms with Gasteiger partial charge in [0.1, 0.15) is 0 Å². The Labute approximate surface area is 122 Å². The lowest BCUT2D eigenvalue weighted by Gasteiger charge is -2.38. The number of ether oxygens (including phenoxy) is 1. The van der Waals surface area contributed by atoms with E-state index in [0.717, 1.165) is 25.1 Å². The van der Waals surface area contributed by atoms with Crippen molar-refractivity contribution in [3.8, 4) is 0 Å². The van der Waals surface area contributed by atoms with Crippen molar-refractivity contribution in [1.29, 1.82) is 0 Å². The highest BCUT2D eigenvalue weighted by Gasteiger charge is 2.34. The van der Waals surface area contributed by atoms with Crippen LogP contribution in [0.3, 0.4) is 0 Å². The van der Waals surface area contributed by atoms with Gasteiger partial charge in [0.25, 0.3) is 0 Å². The van der Waals surface area contributed by atoms with Gasteiger partial charge < -0.3 is 4.74 Å². The van der Waals surface area contributed by atoms with Crippen LogP contribution < -0.4 is 0 Å². The third kappa shape index (κ3) is 3.80. The molecule has 0 spiro atoms. The third-order valence-corrected chi connectivity index (χ3v) is 4.45. The number of hydrogen-bond donors (Lipinski definition) is 0. The third-order valence-electron chi connectivity index (χ3n) is 4.45. The van der Waals surface area contributed by atoms with Crippen molar-refractivity contribution in [1.82, 2.24) is 9.88 Å². The molecule has 1 atom stereocenters. The zero-order valence-electron chi connectivity index (χ0n) is 12.7. The van der Waals surface area contributed by atoms with Crippen LogP contribution in [0.2, 0.25) is 0 Å². The highest BCUT2D eigenvalue weighted by Crippen LogP contribution is 2.33. The fourth-order valence-electron chi connectivity index (χ4n) is 3.33. The summed E-state index contributed by atoms with van der Waals surface area (Å²) in [6.07, 6.45) is 7.00. The predicted molar refractivity (Wildman–Crippen MR) is 80.4 cm³/mol. The maximum Gasteiger partial charge on any atom is 0.0629 e. The predicted octanol–water partition coefficient (Wildman–Crippen LogP) is 3.25. The van der Waals surface area contributed by atoms with Gasteiger partial charge in [-0.2, -0.15) is 0 Å². The summed E-state index contributed by atoms with van der Waals surface area (Å²) in [6.45, 7) is 7.57. The highest BCUT2D eigenvalue weighted by atomic mass is 16.5. The molecule has 3 heteroatoms. The zero-order chi connectivity index (χ0) is 14.0. The van der Waals surface area contributed by atoms with E-state index in [2.05, 4.69) is 35.9 Å². The van der Waals surface area contributed by atoms with E-state index < -0.39 is 0 Å². The highest BCUT2D eigenvalue weighted by molar-refractivity contribution is 5.04. The van der Waals surface area contributed by atoms with Gasteiger partial charge in [0.15, 0.2) is 0 Å². The molecule has 3 nitrogen and oxygen atoms in total. The topological polar surface area (TPSA) is 25.4 Å². The molecule has 1 aromatic rings. The maximum atomic E-state index is 5.84. The lowest BCUT2D eigenvalue weighted by atomic mass is 9.88. The molecule has 0 bridgehead atoms. The number of pyridine rings is 1. The molecular weight excluding hydrogens is 248 g/mol. The summed E-state index contributed by atoms with van der Waals surface area (Å²) in [5, 5.41) is 0. The van der Waals surface area contributed by atoms with Crippen LogP contribution in [0, 0.1) is 5.92 Å². The van der Waals surface area contributed by atoms with Crippen molar-refractivity contribution < 1.29 is 4.74 Å². The molecule has 2 heterocycles. The largest absolute Gasteiger partial charge is 0.376 e. The Balaban J connectivity index is 1.60. The van der Waals surface area contributed by atoms with E-state index in [4.69, 9.17) is 4.74 Å². The van der Waals surface area contributed by atoms with Crippen LogP contribution in [0.15, 0.2) is 24.4 Å². The van der Waals surface area contributed by atoms with Crippen LogP contribution in [0.25, 0.3) is 0 Å². The minimum Gasteiger partial charge on any atom is -0.376 e. The lowest BCUT2D eigenvalue weighted by Crippen LogP contribution is -2.40. The Morgan fingerprint density at radius 2 is 2.15 bits per heavy atom. The van der Waals surface area contributed by atoms with E-state index >= 15 is 0 Å². The Bertz CT molecular complexity index is 428. The average molecular weight is 274 g/mol. The first-order chi connectivity index (χ1) is 9.62. The van der Waals surface area contributed by atoms with Gasteiger partial charge in [-0.25, -0.2) is 0 Å². The van der Waals surface area contributed by atoms with Crippen molar-refractivity contribution in [3.05, 3.63) is 30.1 Å². The van der Waals surface area contributed by atoms with E-state index in [1.807, 2.05) is 12.3 Å². The number of aromatic nitrogens is 1. The Morgan fingerprint density at radius 3 is 2.80 bits per heavy atom. The summed E-state index contributed by atoms with van der Waals surface area (Å²) < 4.78 is 5.84. The first kappa shape index (κ1) is 14.0. The van der Waals surface area contributed by atoms with Crippen molar-refractivity contribution in [2.24, 2.45) is 5.92 Å². The van der Waals surface area contributed by atoms with Crippen LogP contribution in [0.5, 0.6) is 0 Å². The standard InChI is InChI=1S/C17H26N2O/c1-17(2)11-14(8-10-20-17)12-19(16-6-7-16)13-15-5-3-4-9-18-15/h3-5,9,14,16H,6-8,10-13H2,1-2H3/t14-/m1/s1. The SMILES string of the molecule is CC1(C)C[C@H](CN(Cc2ccccn2)C2CC2)CCO1. The van der Waals surface area contributed by atoms with Crippen LogP contribution in [0.4, 0.5) is 0 Å². The van der Waals surface area contributed by atoms with Gasteiger partial charge in [-0.15, -0.1) is 0 Å². The van der Waals surface area contributed by atoms with Crippen LogP contribution >= 0.6 is 0 Å². The Morgan fingerprint density at radius 1 is 1.30 bits per heavy atom. The molecule has 3 rings (SSSR count). The van der Waals surface area contributed by atoms with Gasteiger partial charge in [-0.05, 0) is 57.6 Å². The fraction of sp³-hybridized carbons (Fsp3) is 0.706. The molecule has 1 saturated carbocycles. The number of rotatable bonds is 5. The average Bonchev–Trinajstić information content (AvgIpc) is 3.22. The van der Waals surface area contributed by atoms with Crippen LogP contribution in [-0.2, 0) is 11.3 Å².